The van der Waals surface area contributed by atoms with Gasteiger partial charge in [-0.2, -0.15) is 0 Å². The molecule has 1 aromatic heterocycles. The number of hydrogen-bond acceptors (Lipinski definition) is 3. The zero-order chi connectivity index (χ0) is 13.7. The van der Waals surface area contributed by atoms with E-state index in [1.165, 1.54) is 0 Å². The Bertz CT molecular complexity index is 534. The van der Waals surface area contributed by atoms with E-state index < -0.39 is 0 Å². The highest BCUT2D eigenvalue weighted by Gasteiger charge is 2.14. The number of ketones is 1. The van der Waals surface area contributed by atoms with Crippen molar-refractivity contribution in [1.82, 2.24) is 10.3 Å². The Morgan fingerprint density at radius 3 is 2.42 bits per heavy atom. The molecule has 0 radical (unpaired) electrons. The van der Waals surface area contributed by atoms with Gasteiger partial charge in [0.1, 0.15) is 0 Å². The number of aryl methyl sites for hydroxylation is 1. The first-order valence-corrected chi connectivity index (χ1v) is 6.40. The topological polar surface area (TPSA) is 42.0 Å². The van der Waals surface area contributed by atoms with Gasteiger partial charge in [0.05, 0.1) is 6.04 Å². The fourth-order valence-electron chi connectivity index (χ4n) is 1.83. The first-order valence-electron chi connectivity index (χ1n) is 6.40. The highest BCUT2D eigenvalue weighted by Crippen LogP contribution is 2.07. The van der Waals surface area contributed by atoms with Crippen molar-refractivity contribution < 1.29 is 4.79 Å². The lowest BCUT2D eigenvalue weighted by Gasteiger charge is -2.13. The van der Waals surface area contributed by atoms with E-state index in [9.17, 15) is 4.79 Å². The van der Waals surface area contributed by atoms with Crippen LogP contribution in [0.4, 0.5) is 0 Å². The van der Waals surface area contributed by atoms with Crippen LogP contribution in [-0.2, 0) is 6.54 Å². The Kier molecular flexibility index (Phi) is 4.42. The maximum atomic E-state index is 12.2. The van der Waals surface area contributed by atoms with Crippen LogP contribution in [0.3, 0.4) is 0 Å². The number of pyridine rings is 1. The van der Waals surface area contributed by atoms with Crippen LogP contribution >= 0.6 is 0 Å². The Hall–Kier alpha value is -2.00. The lowest BCUT2D eigenvalue weighted by molar-refractivity contribution is 0.0950. The van der Waals surface area contributed by atoms with Crippen LogP contribution in [0.2, 0.25) is 0 Å². The third-order valence-electron chi connectivity index (χ3n) is 3.09. The standard InChI is InChI=1S/C16H18N2O/c1-12-3-5-15(6-4-12)16(19)13(2)18-11-14-7-9-17-10-8-14/h3-10,13,18H,11H2,1-2H3. The van der Waals surface area contributed by atoms with Crippen molar-refractivity contribution in [3.8, 4) is 0 Å². The van der Waals surface area contributed by atoms with E-state index in [2.05, 4.69) is 10.3 Å². The van der Waals surface area contributed by atoms with E-state index in [4.69, 9.17) is 0 Å². The summed E-state index contributed by atoms with van der Waals surface area (Å²) in [5.74, 6) is 0.119. The van der Waals surface area contributed by atoms with Gasteiger partial charge in [0.2, 0.25) is 0 Å². The van der Waals surface area contributed by atoms with Gasteiger partial charge >= 0.3 is 0 Å². The van der Waals surface area contributed by atoms with Crippen molar-refractivity contribution in [3.63, 3.8) is 0 Å². The number of Topliss-reactive ketones (excluding diaryl/α,β-unsaturated/α-hetero) is 1. The summed E-state index contributed by atoms with van der Waals surface area (Å²) in [5.41, 5.74) is 3.04. The Morgan fingerprint density at radius 2 is 1.79 bits per heavy atom. The SMILES string of the molecule is Cc1ccc(C(=O)C(C)NCc2ccncc2)cc1. The van der Waals surface area contributed by atoms with Crippen LogP contribution in [0.25, 0.3) is 0 Å². The summed E-state index contributed by atoms with van der Waals surface area (Å²) in [4.78, 5) is 16.2. The van der Waals surface area contributed by atoms with Crippen LogP contribution < -0.4 is 5.32 Å². The third kappa shape index (κ3) is 3.73. The summed E-state index contributed by atoms with van der Waals surface area (Å²) in [5, 5.41) is 3.23. The fourth-order valence-corrected chi connectivity index (χ4v) is 1.83. The molecule has 0 aliphatic heterocycles. The van der Waals surface area contributed by atoms with Crippen molar-refractivity contribution in [1.29, 1.82) is 0 Å². The van der Waals surface area contributed by atoms with Gasteiger partial charge < -0.3 is 5.32 Å². The van der Waals surface area contributed by atoms with Crippen LogP contribution in [0.15, 0.2) is 48.8 Å². The number of carbonyl (C=O) groups excluding carboxylic acids is 1. The lowest BCUT2D eigenvalue weighted by atomic mass is 10.0. The zero-order valence-electron chi connectivity index (χ0n) is 11.3. The average molecular weight is 254 g/mol. The second-order valence-electron chi connectivity index (χ2n) is 4.69. The smallest absolute Gasteiger partial charge is 0.179 e. The molecule has 0 bridgehead atoms. The predicted octanol–water partition coefficient (Wildman–Crippen LogP) is 2.75. The number of nitrogens with one attached hydrogen (secondary N) is 1. The van der Waals surface area contributed by atoms with Crippen molar-refractivity contribution in [3.05, 3.63) is 65.5 Å². The molecule has 0 aliphatic carbocycles. The molecule has 0 saturated heterocycles. The molecule has 2 aromatic rings. The molecule has 1 unspecified atom stereocenters. The molecule has 1 atom stereocenters. The molecular formula is C16H18N2O. The van der Waals surface area contributed by atoms with Crippen LogP contribution in [0, 0.1) is 6.92 Å². The van der Waals surface area contributed by atoms with E-state index in [-0.39, 0.29) is 11.8 Å². The van der Waals surface area contributed by atoms with Crippen molar-refractivity contribution in [2.45, 2.75) is 26.4 Å². The lowest BCUT2D eigenvalue weighted by Crippen LogP contribution is -2.33. The van der Waals surface area contributed by atoms with Gasteiger partial charge in [-0.3, -0.25) is 9.78 Å². The maximum Gasteiger partial charge on any atom is 0.179 e. The number of nitrogens with zero attached hydrogens (tertiary/aromatic N) is 1. The molecule has 19 heavy (non-hydrogen) atoms. The fraction of sp³-hybridized carbons (Fsp3) is 0.250. The molecule has 0 spiro atoms. The number of benzene rings is 1. The van der Waals surface area contributed by atoms with Gasteiger partial charge in [-0.05, 0) is 31.5 Å². The number of hydrogen-bond donors (Lipinski definition) is 1. The Labute approximate surface area is 113 Å². The molecule has 1 heterocycles. The van der Waals surface area contributed by atoms with Crippen LogP contribution in [-0.4, -0.2) is 16.8 Å². The molecular weight excluding hydrogens is 236 g/mol. The van der Waals surface area contributed by atoms with Gasteiger partial charge in [-0.15, -0.1) is 0 Å². The molecule has 3 heteroatoms. The summed E-state index contributed by atoms with van der Waals surface area (Å²) in [6.45, 7) is 4.57. The third-order valence-corrected chi connectivity index (χ3v) is 3.09. The van der Waals surface area contributed by atoms with Gasteiger partial charge in [0, 0.05) is 24.5 Å². The van der Waals surface area contributed by atoms with Gasteiger partial charge in [0.15, 0.2) is 5.78 Å². The largest absolute Gasteiger partial charge is 0.303 e. The zero-order valence-corrected chi connectivity index (χ0v) is 11.3. The summed E-state index contributed by atoms with van der Waals surface area (Å²) in [7, 11) is 0. The van der Waals surface area contributed by atoms with E-state index in [0.717, 1.165) is 16.7 Å². The molecule has 0 fully saturated rings. The van der Waals surface area contributed by atoms with E-state index in [1.54, 1.807) is 12.4 Å². The highest BCUT2D eigenvalue weighted by atomic mass is 16.1. The first-order chi connectivity index (χ1) is 9.16. The monoisotopic (exact) mass is 254 g/mol. The first kappa shape index (κ1) is 13.4. The van der Waals surface area contributed by atoms with Gasteiger partial charge in [-0.1, -0.05) is 29.8 Å². The number of carbonyl (C=O) groups is 1. The Balaban J connectivity index is 1.94. The molecule has 1 aromatic carbocycles. The molecule has 1 N–H and O–H groups in total. The molecule has 0 amide bonds. The van der Waals surface area contributed by atoms with E-state index in [0.29, 0.717) is 6.54 Å². The summed E-state index contributed by atoms with van der Waals surface area (Å²) >= 11 is 0. The molecule has 0 aliphatic rings. The van der Waals surface area contributed by atoms with Crippen LogP contribution in [0.5, 0.6) is 0 Å². The summed E-state index contributed by atoms with van der Waals surface area (Å²) in [6, 6.07) is 11.4. The molecule has 3 nitrogen and oxygen atoms in total. The number of aromatic nitrogens is 1. The quantitative estimate of drug-likeness (QED) is 0.834. The molecule has 0 saturated carbocycles. The molecule has 2 rings (SSSR count). The summed E-state index contributed by atoms with van der Waals surface area (Å²) < 4.78 is 0. The van der Waals surface area contributed by atoms with Gasteiger partial charge in [0.25, 0.3) is 0 Å². The highest BCUT2D eigenvalue weighted by molar-refractivity contribution is 5.99. The second-order valence-corrected chi connectivity index (χ2v) is 4.69. The maximum absolute atomic E-state index is 12.2. The normalized spacial score (nSPS) is 12.1. The van der Waals surface area contributed by atoms with Gasteiger partial charge in [-0.25, -0.2) is 0 Å². The second kappa shape index (κ2) is 6.25. The average Bonchev–Trinajstić information content (AvgIpc) is 2.46. The van der Waals surface area contributed by atoms with Crippen LogP contribution in [0.1, 0.15) is 28.4 Å². The van der Waals surface area contributed by atoms with E-state index in [1.807, 2.05) is 50.2 Å². The van der Waals surface area contributed by atoms with Crippen molar-refractivity contribution in [2.24, 2.45) is 0 Å². The molecule has 98 valence electrons. The number of rotatable bonds is 5. The van der Waals surface area contributed by atoms with Crippen molar-refractivity contribution in [2.75, 3.05) is 0 Å². The predicted molar refractivity (Wildman–Crippen MR) is 76.0 cm³/mol. The van der Waals surface area contributed by atoms with E-state index >= 15 is 0 Å². The summed E-state index contributed by atoms with van der Waals surface area (Å²) in [6.07, 6.45) is 3.51. The minimum atomic E-state index is -0.198. The minimum absolute atomic E-state index is 0.119. The van der Waals surface area contributed by atoms with Crippen molar-refractivity contribution >= 4 is 5.78 Å². The minimum Gasteiger partial charge on any atom is -0.303 e. The Morgan fingerprint density at radius 1 is 1.16 bits per heavy atom.